The summed E-state index contributed by atoms with van der Waals surface area (Å²) in [6, 6.07) is 17.0. The van der Waals surface area contributed by atoms with E-state index >= 15 is 0 Å². The molecule has 2 aromatic rings. The predicted molar refractivity (Wildman–Crippen MR) is 97.1 cm³/mol. The van der Waals surface area contributed by atoms with Crippen molar-refractivity contribution in [2.24, 2.45) is 0 Å². The average Bonchev–Trinajstić information content (AvgIpc) is 2.61. The number of hydrogen-bond donors (Lipinski definition) is 2. The van der Waals surface area contributed by atoms with E-state index in [2.05, 4.69) is 17.6 Å². The molecule has 126 valence electrons. The first-order valence-corrected chi connectivity index (χ1v) is 8.41. The summed E-state index contributed by atoms with van der Waals surface area (Å²) >= 11 is 0. The predicted octanol–water partition coefficient (Wildman–Crippen LogP) is 3.79. The van der Waals surface area contributed by atoms with E-state index in [1.807, 2.05) is 36.4 Å². The van der Waals surface area contributed by atoms with Crippen molar-refractivity contribution < 1.29 is 9.59 Å². The van der Waals surface area contributed by atoms with Gasteiger partial charge in [0.15, 0.2) is 0 Å². The van der Waals surface area contributed by atoms with E-state index in [9.17, 15) is 9.59 Å². The Balaban J connectivity index is 1.94. The summed E-state index contributed by atoms with van der Waals surface area (Å²) in [5.74, 6) is -0.241. The van der Waals surface area contributed by atoms with E-state index in [4.69, 9.17) is 0 Å². The third-order valence-corrected chi connectivity index (χ3v) is 3.75. The van der Waals surface area contributed by atoms with Crippen LogP contribution in [-0.2, 0) is 11.2 Å². The van der Waals surface area contributed by atoms with Crippen molar-refractivity contribution in [2.45, 2.75) is 32.6 Å². The molecule has 2 amide bonds. The minimum absolute atomic E-state index is 0.0901. The molecule has 0 unspecified atom stereocenters. The highest BCUT2D eigenvalue weighted by atomic mass is 16.2. The quantitative estimate of drug-likeness (QED) is 0.726. The smallest absolute Gasteiger partial charge is 0.253 e. The minimum atomic E-state index is -0.151. The Kier molecular flexibility index (Phi) is 7.02. The van der Waals surface area contributed by atoms with Crippen LogP contribution in [0.25, 0.3) is 0 Å². The Morgan fingerprint density at radius 3 is 2.42 bits per heavy atom. The molecule has 0 saturated heterocycles. The fourth-order valence-corrected chi connectivity index (χ4v) is 2.38. The second-order valence-electron chi connectivity index (χ2n) is 5.69. The molecule has 4 heteroatoms. The first kappa shape index (κ1) is 17.7. The highest BCUT2D eigenvalue weighted by Gasteiger charge is 2.12. The van der Waals surface area contributed by atoms with E-state index in [0.717, 1.165) is 18.4 Å². The summed E-state index contributed by atoms with van der Waals surface area (Å²) in [6.45, 7) is 2.72. The molecular formula is C20H24N2O2. The molecule has 2 N–H and O–H groups in total. The lowest BCUT2D eigenvalue weighted by molar-refractivity contribution is -0.116. The fourth-order valence-electron chi connectivity index (χ4n) is 2.38. The van der Waals surface area contributed by atoms with Crippen LogP contribution in [0.3, 0.4) is 0 Å². The molecule has 0 radical (unpaired) electrons. The number of amides is 2. The van der Waals surface area contributed by atoms with Crippen LogP contribution in [0.4, 0.5) is 5.69 Å². The Morgan fingerprint density at radius 2 is 1.67 bits per heavy atom. The first-order valence-electron chi connectivity index (χ1n) is 8.41. The zero-order valence-corrected chi connectivity index (χ0v) is 14.0. The van der Waals surface area contributed by atoms with Crippen LogP contribution in [0.15, 0.2) is 54.6 Å². The van der Waals surface area contributed by atoms with Gasteiger partial charge < -0.3 is 10.6 Å². The molecule has 0 aliphatic carbocycles. The summed E-state index contributed by atoms with van der Waals surface area (Å²) < 4.78 is 0. The monoisotopic (exact) mass is 324 g/mol. The zero-order valence-electron chi connectivity index (χ0n) is 14.0. The zero-order chi connectivity index (χ0) is 17.2. The normalized spacial score (nSPS) is 10.2. The largest absolute Gasteiger partial charge is 0.352 e. The highest BCUT2D eigenvalue weighted by Crippen LogP contribution is 2.15. The van der Waals surface area contributed by atoms with Gasteiger partial charge in [0.1, 0.15) is 0 Å². The number of carbonyl (C=O) groups excluding carboxylic acids is 2. The number of aryl methyl sites for hydroxylation is 1. The molecule has 0 aromatic heterocycles. The number of carbonyl (C=O) groups is 2. The lowest BCUT2D eigenvalue weighted by Crippen LogP contribution is -2.26. The van der Waals surface area contributed by atoms with Gasteiger partial charge in [-0.3, -0.25) is 9.59 Å². The van der Waals surface area contributed by atoms with Crippen LogP contribution in [0, 0.1) is 0 Å². The van der Waals surface area contributed by atoms with Gasteiger partial charge in [-0.2, -0.15) is 0 Å². The van der Waals surface area contributed by atoms with Gasteiger partial charge in [0, 0.05) is 13.0 Å². The topological polar surface area (TPSA) is 58.2 Å². The van der Waals surface area contributed by atoms with Gasteiger partial charge in [-0.25, -0.2) is 0 Å². The second kappa shape index (κ2) is 9.50. The van der Waals surface area contributed by atoms with Gasteiger partial charge in [0.25, 0.3) is 5.91 Å². The first-order chi connectivity index (χ1) is 11.7. The van der Waals surface area contributed by atoms with Gasteiger partial charge in [-0.05, 0) is 30.5 Å². The molecule has 0 spiro atoms. The Morgan fingerprint density at radius 1 is 0.958 bits per heavy atom. The molecule has 0 atom stereocenters. The van der Waals surface area contributed by atoms with Crippen LogP contribution in [0.5, 0.6) is 0 Å². The fraction of sp³-hybridized carbons (Fsp3) is 0.300. The van der Waals surface area contributed by atoms with Crippen LogP contribution < -0.4 is 10.6 Å². The van der Waals surface area contributed by atoms with Gasteiger partial charge >= 0.3 is 0 Å². The lowest BCUT2D eigenvalue weighted by atomic mass is 10.1. The van der Waals surface area contributed by atoms with E-state index in [1.165, 1.54) is 0 Å². The van der Waals surface area contributed by atoms with E-state index in [1.54, 1.807) is 18.2 Å². The van der Waals surface area contributed by atoms with Gasteiger partial charge in [0.05, 0.1) is 11.3 Å². The number of benzene rings is 2. The highest BCUT2D eigenvalue weighted by molar-refractivity contribution is 6.03. The van der Waals surface area contributed by atoms with Crippen molar-refractivity contribution in [3.8, 4) is 0 Å². The van der Waals surface area contributed by atoms with Crippen LogP contribution in [0.2, 0.25) is 0 Å². The van der Waals surface area contributed by atoms with Crippen molar-refractivity contribution in [3.05, 3.63) is 65.7 Å². The third-order valence-electron chi connectivity index (χ3n) is 3.75. The van der Waals surface area contributed by atoms with Gasteiger partial charge in [0.2, 0.25) is 5.91 Å². The number of nitrogens with one attached hydrogen (secondary N) is 2. The number of unbranched alkanes of at least 4 members (excludes halogenated alkanes) is 1. The van der Waals surface area contributed by atoms with Crippen molar-refractivity contribution in [1.82, 2.24) is 5.32 Å². The number of hydrogen-bond acceptors (Lipinski definition) is 2. The van der Waals surface area contributed by atoms with Crippen molar-refractivity contribution >= 4 is 17.5 Å². The van der Waals surface area contributed by atoms with E-state index < -0.39 is 0 Å². The Labute approximate surface area is 143 Å². The standard InChI is InChI=1S/C20H24N2O2/c1-2-3-15-21-20(24)17-11-7-8-12-18(17)22-19(23)14-13-16-9-5-4-6-10-16/h4-12H,2-3,13-15H2,1H3,(H,21,24)(H,22,23). The summed E-state index contributed by atoms with van der Waals surface area (Å²) in [7, 11) is 0. The Hall–Kier alpha value is -2.62. The van der Waals surface area contributed by atoms with Gasteiger partial charge in [-0.15, -0.1) is 0 Å². The summed E-state index contributed by atoms with van der Waals surface area (Å²) in [6.07, 6.45) is 3.03. The molecule has 2 rings (SSSR count). The van der Waals surface area contributed by atoms with Crippen molar-refractivity contribution in [2.75, 3.05) is 11.9 Å². The molecule has 0 aliphatic rings. The lowest BCUT2D eigenvalue weighted by Gasteiger charge is -2.11. The van der Waals surface area contributed by atoms with Crippen molar-refractivity contribution in [1.29, 1.82) is 0 Å². The Bertz CT molecular complexity index is 668. The third kappa shape index (κ3) is 5.54. The molecule has 0 fully saturated rings. The van der Waals surface area contributed by atoms with Crippen molar-refractivity contribution in [3.63, 3.8) is 0 Å². The van der Waals surface area contributed by atoms with Crippen LogP contribution >= 0.6 is 0 Å². The van der Waals surface area contributed by atoms with E-state index in [0.29, 0.717) is 30.6 Å². The molecule has 2 aromatic carbocycles. The summed E-state index contributed by atoms with van der Waals surface area (Å²) in [5.41, 5.74) is 2.18. The van der Waals surface area contributed by atoms with Crippen LogP contribution in [0.1, 0.15) is 42.1 Å². The maximum absolute atomic E-state index is 12.2. The molecule has 24 heavy (non-hydrogen) atoms. The molecule has 0 heterocycles. The van der Waals surface area contributed by atoms with E-state index in [-0.39, 0.29) is 11.8 Å². The van der Waals surface area contributed by atoms with Crippen LogP contribution in [-0.4, -0.2) is 18.4 Å². The average molecular weight is 324 g/mol. The van der Waals surface area contributed by atoms with Gasteiger partial charge in [-0.1, -0.05) is 55.8 Å². The second-order valence-corrected chi connectivity index (χ2v) is 5.69. The molecule has 0 aliphatic heterocycles. The minimum Gasteiger partial charge on any atom is -0.352 e. The molecule has 0 saturated carbocycles. The summed E-state index contributed by atoms with van der Waals surface area (Å²) in [4.78, 5) is 24.4. The summed E-state index contributed by atoms with van der Waals surface area (Å²) in [5, 5.41) is 5.73. The molecular weight excluding hydrogens is 300 g/mol. The maximum Gasteiger partial charge on any atom is 0.253 e. The molecule has 0 bridgehead atoms. The number of para-hydroxylation sites is 1. The SMILES string of the molecule is CCCCNC(=O)c1ccccc1NC(=O)CCc1ccccc1. The number of anilines is 1. The number of rotatable bonds is 8. The molecule has 4 nitrogen and oxygen atoms in total. The maximum atomic E-state index is 12.2.